The van der Waals surface area contributed by atoms with E-state index < -0.39 is 0 Å². The Bertz CT molecular complexity index is 422. The van der Waals surface area contributed by atoms with Gasteiger partial charge in [0.25, 0.3) is 5.54 Å². The van der Waals surface area contributed by atoms with E-state index in [4.69, 9.17) is 6.57 Å². The number of halogens is 1. The van der Waals surface area contributed by atoms with E-state index in [1.54, 1.807) is 6.20 Å². The molecule has 0 unspecified atom stereocenters. The van der Waals surface area contributed by atoms with Gasteiger partial charge in [-0.15, -0.1) is 0 Å². The molecule has 2 aliphatic rings. The SMILES string of the molecule is [C-]#[N+][C@]1(c2ccc(Br)cn2)[C@@H]2CCC[C@@H]21. The first-order valence-electron chi connectivity index (χ1n) is 5.29. The van der Waals surface area contributed by atoms with Crippen LogP contribution in [0.4, 0.5) is 0 Å². The van der Waals surface area contributed by atoms with Crippen molar-refractivity contribution in [1.82, 2.24) is 4.98 Å². The number of aromatic nitrogens is 1. The Hall–Kier alpha value is -0.880. The van der Waals surface area contributed by atoms with Crippen LogP contribution in [0.3, 0.4) is 0 Å². The van der Waals surface area contributed by atoms with Crippen LogP contribution in [0.15, 0.2) is 22.8 Å². The molecule has 1 aromatic heterocycles. The molecule has 1 aromatic rings. The van der Waals surface area contributed by atoms with Crippen molar-refractivity contribution in [2.75, 3.05) is 0 Å². The lowest BCUT2D eigenvalue weighted by molar-refractivity contribution is 0.579. The van der Waals surface area contributed by atoms with E-state index in [9.17, 15) is 0 Å². The van der Waals surface area contributed by atoms with Crippen molar-refractivity contribution in [3.8, 4) is 0 Å². The van der Waals surface area contributed by atoms with Crippen LogP contribution in [0, 0.1) is 18.4 Å². The van der Waals surface area contributed by atoms with Gasteiger partial charge in [-0.05, 0) is 40.9 Å². The lowest BCUT2D eigenvalue weighted by Crippen LogP contribution is -2.10. The molecule has 2 aliphatic carbocycles. The maximum atomic E-state index is 7.43. The summed E-state index contributed by atoms with van der Waals surface area (Å²) in [6.45, 7) is 7.43. The minimum Gasteiger partial charge on any atom is -0.303 e. The fourth-order valence-electron chi connectivity index (χ4n) is 3.14. The van der Waals surface area contributed by atoms with Gasteiger partial charge in [-0.3, -0.25) is 4.98 Å². The Kier molecular flexibility index (Phi) is 1.90. The fourth-order valence-corrected chi connectivity index (χ4v) is 3.37. The average Bonchev–Trinajstić information content (AvgIpc) is 2.65. The summed E-state index contributed by atoms with van der Waals surface area (Å²) < 4.78 is 0.984. The number of hydrogen-bond donors (Lipinski definition) is 0. The second-order valence-electron chi connectivity index (χ2n) is 4.44. The quantitative estimate of drug-likeness (QED) is 0.710. The van der Waals surface area contributed by atoms with Crippen molar-refractivity contribution in [1.29, 1.82) is 0 Å². The molecule has 0 N–H and O–H groups in total. The van der Waals surface area contributed by atoms with Crippen LogP contribution in [0.5, 0.6) is 0 Å². The van der Waals surface area contributed by atoms with Crippen LogP contribution in [0.1, 0.15) is 25.0 Å². The zero-order valence-electron chi connectivity index (χ0n) is 8.28. The van der Waals surface area contributed by atoms with E-state index >= 15 is 0 Å². The fraction of sp³-hybridized carbons (Fsp3) is 0.500. The molecular formula is C12H11BrN2. The number of pyridine rings is 1. The zero-order chi connectivity index (χ0) is 10.5. The predicted molar refractivity (Wildman–Crippen MR) is 61.0 cm³/mol. The largest absolute Gasteiger partial charge is 0.303 e. The van der Waals surface area contributed by atoms with Crippen molar-refractivity contribution in [3.05, 3.63) is 39.9 Å². The lowest BCUT2D eigenvalue weighted by atomic mass is 10.0. The average molecular weight is 263 g/mol. The van der Waals surface area contributed by atoms with Crippen molar-refractivity contribution < 1.29 is 0 Å². The van der Waals surface area contributed by atoms with Gasteiger partial charge in [0.15, 0.2) is 0 Å². The first kappa shape index (κ1) is 9.35. The highest BCUT2D eigenvalue weighted by atomic mass is 79.9. The minimum atomic E-state index is -0.251. The summed E-state index contributed by atoms with van der Waals surface area (Å²) in [5, 5.41) is 0. The van der Waals surface area contributed by atoms with E-state index in [2.05, 4.69) is 25.8 Å². The number of nitrogens with zero attached hydrogens (tertiary/aromatic N) is 2. The van der Waals surface area contributed by atoms with E-state index in [0.717, 1.165) is 10.2 Å². The molecule has 0 saturated heterocycles. The second kappa shape index (κ2) is 3.05. The molecule has 3 atom stereocenters. The summed E-state index contributed by atoms with van der Waals surface area (Å²) in [6, 6.07) is 3.99. The Labute approximate surface area is 97.7 Å². The molecule has 15 heavy (non-hydrogen) atoms. The third-order valence-corrected chi connectivity index (χ3v) is 4.33. The van der Waals surface area contributed by atoms with Crippen LogP contribution < -0.4 is 0 Å². The molecule has 0 spiro atoms. The predicted octanol–water partition coefficient (Wildman–Crippen LogP) is 3.39. The van der Waals surface area contributed by atoms with Gasteiger partial charge in [0.1, 0.15) is 5.69 Å². The smallest absolute Gasteiger partial charge is 0.280 e. The topological polar surface area (TPSA) is 17.2 Å². The first-order chi connectivity index (χ1) is 7.29. The molecule has 0 bridgehead atoms. The first-order valence-corrected chi connectivity index (χ1v) is 6.09. The third-order valence-electron chi connectivity index (χ3n) is 3.86. The van der Waals surface area contributed by atoms with E-state index in [-0.39, 0.29) is 5.54 Å². The Morgan fingerprint density at radius 2 is 2.13 bits per heavy atom. The van der Waals surface area contributed by atoms with Gasteiger partial charge < -0.3 is 4.85 Å². The molecule has 1 heterocycles. The summed E-state index contributed by atoms with van der Waals surface area (Å²) in [5.41, 5.74) is 0.731. The second-order valence-corrected chi connectivity index (χ2v) is 5.36. The maximum Gasteiger partial charge on any atom is 0.280 e. The van der Waals surface area contributed by atoms with Gasteiger partial charge in [0.05, 0.1) is 11.8 Å². The highest BCUT2D eigenvalue weighted by Gasteiger charge is 2.75. The van der Waals surface area contributed by atoms with Gasteiger partial charge >= 0.3 is 0 Å². The van der Waals surface area contributed by atoms with E-state index in [1.165, 1.54) is 19.3 Å². The van der Waals surface area contributed by atoms with Crippen LogP contribution in [0.2, 0.25) is 0 Å². The van der Waals surface area contributed by atoms with Gasteiger partial charge in [-0.25, -0.2) is 6.57 Å². The highest BCUT2D eigenvalue weighted by molar-refractivity contribution is 9.10. The van der Waals surface area contributed by atoms with Crippen LogP contribution in [0.25, 0.3) is 4.85 Å². The lowest BCUT2D eigenvalue weighted by Gasteiger charge is -2.07. The molecule has 0 aliphatic heterocycles. The Morgan fingerprint density at radius 3 is 2.67 bits per heavy atom. The third kappa shape index (κ3) is 1.12. The van der Waals surface area contributed by atoms with Gasteiger partial charge in [0, 0.05) is 10.7 Å². The van der Waals surface area contributed by atoms with E-state index in [1.807, 2.05) is 12.1 Å². The van der Waals surface area contributed by atoms with Crippen molar-refractivity contribution in [2.24, 2.45) is 11.8 Å². The summed E-state index contributed by atoms with van der Waals surface area (Å²) >= 11 is 3.38. The molecule has 2 fully saturated rings. The van der Waals surface area contributed by atoms with Crippen molar-refractivity contribution in [2.45, 2.75) is 24.8 Å². The molecule has 3 rings (SSSR count). The van der Waals surface area contributed by atoms with Crippen LogP contribution in [-0.2, 0) is 5.54 Å². The van der Waals surface area contributed by atoms with E-state index in [0.29, 0.717) is 11.8 Å². The Balaban J connectivity index is 2.00. The molecule has 2 saturated carbocycles. The standard InChI is InChI=1S/C12H11BrN2/c1-14-12(9-3-2-4-10(9)12)11-6-5-8(13)7-15-11/h5-7,9-10H,2-4H2/t9-,10+,12-. The zero-order valence-corrected chi connectivity index (χ0v) is 9.87. The molecule has 3 heteroatoms. The van der Waals surface area contributed by atoms with Crippen LogP contribution in [-0.4, -0.2) is 4.98 Å². The normalized spacial score (nSPS) is 37.1. The van der Waals surface area contributed by atoms with Gasteiger partial charge in [0.2, 0.25) is 0 Å². The summed E-state index contributed by atoms with van der Waals surface area (Å²) in [6.07, 6.45) is 5.52. The minimum absolute atomic E-state index is 0.251. The molecule has 76 valence electrons. The van der Waals surface area contributed by atoms with Gasteiger partial charge in [-0.2, -0.15) is 0 Å². The Morgan fingerprint density at radius 1 is 1.40 bits per heavy atom. The van der Waals surface area contributed by atoms with Crippen molar-refractivity contribution >= 4 is 15.9 Å². The van der Waals surface area contributed by atoms with Crippen LogP contribution >= 0.6 is 15.9 Å². The molecule has 0 radical (unpaired) electrons. The number of fused-ring (bicyclic) bond motifs is 1. The number of rotatable bonds is 1. The number of hydrogen-bond acceptors (Lipinski definition) is 1. The highest BCUT2D eigenvalue weighted by Crippen LogP contribution is 2.68. The van der Waals surface area contributed by atoms with Gasteiger partial charge in [-0.1, -0.05) is 6.42 Å². The van der Waals surface area contributed by atoms with Crippen molar-refractivity contribution in [3.63, 3.8) is 0 Å². The summed E-state index contributed by atoms with van der Waals surface area (Å²) in [4.78, 5) is 8.29. The summed E-state index contributed by atoms with van der Waals surface area (Å²) in [7, 11) is 0. The molecular weight excluding hydrogens is 252 g/mol. The molecule has 0 aromatic carbocycles. The monoisotopic (exact) mass is 262 g/mol. The molecule has 2 nitrogen and oxygen atoms in total. The molecule has 0 amide bonds. The maximum absolute atomic E-state index is 7.43. The summed E-state index contributed by atoms with van der Waals surface area (Å²) in [5.74, 6) is 1.17.